The van der Waals surface area contributed by atoms with Crippen molar-refractivity contribution in [2.45, 2.75) is 18.7 Å². The molecule has 0 aliphatic heterocycles. The highest BCUT2D eigenvalue weighted by atomic mass is 35.5. The number of nitrogens with one attached hydrogen (secondary N) is 1. The molecule has 30 heavy (non-hydrogen) atoms. The van der Waals surface area contributed by atoms with E-state index < -0.39 is 16.7 Å². The number of rotatable bonds is 7. The number of carbonyl (C=O) groups excluding carboxylic acids is 1. The van der Waals surface area contributed by atoms with Gasteiger partial charge in [0, 0.05) is 28.8 Å². The summed E-state index contributed by atoms with van der Waals surface area (Å²) in [6, 6.07) is 5.06. The monoisotopic (exact) mass is 466 g/mol. The smallest absolute Gasteiger partial charge is 0.295 e. The summed E-state index contributed by atoms with van der Waals surface area (Å²) in [7, 11) is 1.73. The summed E-state index contributed by atoms with van der Waals surface area (Å²) in [6.45, 7) is 3.62. The van der Waals surface area contributed by atoms with E-state index in [4.69, 9.17) is 21.1 Å². The van der Waals surface area contributed by atoms with Crippen LogP contribution in [0.2, 0.25) is 5.02 Å². The molecule has 0 bridgehead atoms. The van der Waals surface area contributed by atoms with Gasteiger partial charge in [0.25, 0.3) is 11.1 Å². The van der Waals surface area contributed by atoms with Crippen molar-refractivity contribution < 1.29 is 18.5 Å². The Morgan fingerprint density at radius 2 is 1.97 bits per heavy atom. The Morgan fingerprint density at radius 1 is 1.20 bits per heavy atom. The fourth-order valence-electron chi connectivity index (χ4n) is 2.71. The number of aromatic nitrogens is 3. The van der Waals surface area contributed by atoms with Gasteiger partial charge in [0.2, 0.25) is 5.13 Å². The second-order valence-corrected chi connectivity index (χ2v) is 9.08. The fourth-order valence-corrected chi connectivity index (χ4v) is 4.52. The van der Waals surface area contributed by atoms with Gasteiger partial charge in [0.05, 0.1) is 40.5 Å². The number of benzene rings is 1. The molecule has 0 saturated carbocycles. The Bertz CT molecular complexity index is 1120. The SMILES string of the molecule is CC[S@@](=O)c1cc(OC)c(-c2cc(C)ncc2C(=O)Nc2nnc(OC)s2)cc1Cl. The Hall–Kier alpha value is -2.56. The number of ether oxygens (including phenoxy) is 2. The Morgan fingerprint density at radius 3 is 2.60 bits per heavy atom. The molecule has 0 unspecified atom stereocenters. The van der Waals surface area contributed by atoms with Crippen molar-refractivity contribution in [3.8, 4) is 22.1 Å². The molecule has 2 heterocycles. The van der Waals surface area contributed by atoms with E-state index in [0.717, 1.165) is 11.3 Å². The summed E-state index contributed by atoms with van der Waals surface area (Å²) in [5.41, 5.74) is 2.17. The van der Waals surface area contributed by atoms with E-state index in [2.05, 4.69) is 20.5 Å². The minimum absolute atomic E-state index is 0.294. The molecule has 8 nitrogen and oxygen atoms in total. The second kappa shape index (κ2) is 9.50. The number of nitrogens with zero attached hydrogens (tertiary/aromatic N) is 3. The first kappa shape index (κ1) is 22.1. The lowest BCUT2D eigenvalue weighted by Gasteiger charge is -2.15. The number of anilines is 1. The summed E-state index contributed by atoms with van der Waals surface area (Å²) in [4.78, 5) is 17.7. The van der Waals surface area contributed by atoms with Crippen LogP contribution in [0.15, 0.2) is 29.3 Å². The predicted octanol–water partition coefficient (Wildman–Crippen LogP) is 3.96. The highest BCUT2D eigenvalue weighted by molar-refractivity contribution is 7.85. The number of carbonyl (C=O) groups is 1. The summed E-state index contributed by atoms with van der Waals surface area (Å²) < 4.78 is 22.8. The lowest BCUT2D eigenvalue weighted by molar-refractivity contribution is 0.102. The third-order valence-corrected chi connectivity index (χ3v) is 6.72. The molecule has 2 aromatic heterocycles. The Kier molecular flexibility index (Phi) is 7.01. The molecule has 0 saturated heterocycles. The van der Waals surface area contributed by atoms with E-state index in [-0.39, 0.29) is 0 Å². The molecule has 1 N–H and O–H groups in total. The molecule has 0 radical (unpaired) electrons. The average molecular weight is 467 g/mol. The van der Waals surface area contributed by atoms with Crippen molar-refractivity contribution >= 4 is 44.8 Å². The van der Waals surface area contributed by atoms with Crippen molar-refractivity contribution in [1.82, 2.24) is 15.2 Å². The molecule has 3 rings (SSSR count). The van der Waals surface area contributed by atoms with Crippen molar-refractivity contribution in [3.63, 3.8) is 0 Å². The van der Waals surface area contributed by atoms with Crippen LogP contribution in [-0.4, -0.2) is 45.3 Å². The molecular weight excluding hydrogens is 448 g/mol. The van der Waals surface area contributed by atoms with E-state index >= 15 is 0 Å². The zero-order valence-corrected chi connectivity index (χ0v) is 19.1. The molecule has 0 aliphatic carbocycles. The fraction of sp³-hybridized carbons (Fsp3) is 0.263. The topological polar surface area (TPSA) is 103 Å². The van der Waals surface area contributed by atoms with Crippen LogP contribution in [0, 0.1) is 6.92 Å². The van der Waals surface area contributed by atoms with E-state index in [9.17, 15) is 9.00 Å². The minimum atomic E-state index is -1.25. The molecule has 0 fully saturated rings. The average Bonchev–Trinajstić information content (AvgIpc) is 3.20. The highest BCUT2D eigenvalue weighted by Gasteiger charge is 2.21. The van der Waals surface area contributed by atoms with Gasteiger partial charge < -0.3 is 9.47 Å². The van der Waals surface area contributed by atoms with Crippen molar-refractivity contribution in [3.05, 3.63) is 40.7 Å². The Balaban J connectivity index is 2.08. The van der Waals surface area contributed by atoms with E-state index in [1.54, 1.807) is 18.2 Å². The van der Waals surface area contributed by atoms with Gasteiger partial charge in [-0.2, -0.15) is 0 Å². The summed E-state index contributed by atoms with van der Waals surface area (Å²) in [6.07, 6.45) is 1.48. The van der Waals surface area contributed by atoms with Crippen LogP contribution in [0.25, 0.3) is 11.1 Å². The lowest BCUT2D eigenvalue weighted by Crippen LogP contribution is -2.14. The van der Waals surface area contributed by atoms with Gasteiger partial charge >= 0.3 is 0 Å². The molecule has 11 heteroatoms. The van der Waals surface area contributed by atoms with E-state index in [0.29, 0.717) is 54.1 Å². The quantitative estimate of drug-likeness (QED) is 0.562. The van der Waals surface area contributed by atoms with Gasteiger partial charge in [0.15, 0.2) is 0 Å². The zero-order valence-electron chi connectivity index (χ0n) is 16.7. The molecule has 158 valence electrons. The van der Waals surface area contributed by atoms with Crippen LogP contribution in [0.1, 0.15) is 23.0 Å². The summed E-state index contributed by atoms with van der Waals surface area (Å²) in [5, 5.41) is 11.3. The highest BCUT2D eigenvalue weighted by Crippen LogP contribution is 2.38. The first-order valence-electron chi connectivity index (χ1n) is 8.79. The van der Waals surface area contributed by atoms with Crippen LogP contribution in [-0.2, 0) is 10.8 Å². The van der Waals surface area contributed by atoms with Gasteiger partial charge in [0.1, 0.15) is 5.75 Å². The van der Waals surface area contributed by atoms with Crippen LogP contribution < -0.4 is 14.8 Å². The molecule has 3 aromatic rings. The molecule has 0 aliphatic rings. The first-order chi connectivity index (χ1) is 14.4. The summed E-state index contributed by atoms with van der Waals surface area (Å²) in [5.74, 6) is 0.458. The van der Waals surface area contributed by atoms with Crippen LogP contribution in [0.5, 0.6) is 10.9 Å². The molecule has 1 aromatic carbocycles. The third-order valence-electron chi connectivity index (χ3n) is 4.14. The van der Waals surface area contributed by atoms with Crippen molar-refractivity contribution in [1.29, 1.82) is 0 Å². The third kappa shape index (κ3) is 4.61. The van der Waals surface area contributed by atoms with Crippen molar-refractivity contribution in [2.24, 2.45) is 0 Å². The standard InChI is InChI=1S/C19H19ClN4O4S2/c1-5-30(26)16-8-15(27-3)12(7-14(16)20)11-6-10(2)21-9-13(11)17(25)22-18-23-24-19(28-4)29-18/h6-9H,5H2,1-4H3,(H,22,23,25)/t30-/m1/s1. The van der Waals surface area contributed by atoms with E-state index in [1.165, 1.54) is 20.4 Å². The maximum absolute atomic E-state index is 12.9. The lowest BCUT2D eigenvalue weighted by atomic mass is 9.99. The Labute approximate surface area is 185 Å². The van der Waals surface area contributed by atoms with Crippen molar-refractivity contribution in [2.75, 3.05) is 25.3 Å². The van der Waals surface area contributed by atoms with Gasteiger partial charge in [-0.05, 0) is 36.5 Å². The number of methoxy groups -OCH3 is 2. The molecule has 0 spiro atoms. The van der Waals surface area contributed by atoms with Gasteiger partial charge in [-0.25, -0.2) is 0 Å². The summed E-state index contributed by atoms with van der Waals surface area (Å²) >= 11 is 7.51. The first-order valence-corrected chi connectivity index (χ1v) is 11.3. The minimum Gasteiger partial charge on any atom is -0.496 e. The maximum atomic E-state index is 12.9. The second-order valence-electron chi connectivity index (χ2n) is 6.02. The number of halogens is 1. The van der Waals surface area contributed by atoms with Gasteiger partial charge in [-0.1, -0.05) is 23.6 Å². The molecule has 1 atom stereocenters. The maximum Gasteiger partial charge on any atom is 0.295 e. The van der Waals surface area contributed by atoms with Crippen LogP contribution in [0.4, 0.5) is 5.13 Å². The number of hydrogen-bond donors (Lipinski definition) is 1. The largest absolute Gasteiger partial charge is 0.496 e. The van der Waals surface area contributed by atoms with Gasteiger partial charge in [-0.3, -0.25) is 19.3 Å². The van der Waals surface area contributed by atoms with Crippen LogP contribution >= 0.6 is 22.9 Å². The predicted molar refractivity (Wildman–Crippen MR) is 117 cm³/mol. The van der Waals surface area contributed by atoms with Gasteiger partial charge in [-0.15, -0.1) is 5.10 Å². The van der Waals surface area contributed by atoms with Crippen LogP contribution in [0.3, 0.4) is 0 Å². The number of pyridine rings is 1. The number of hydrogen-bond acceptors (Lipinski definition) is 8. The normalized spacial score (nSPS) is 11.8. The van der Waals surface area contributed by atoms with E-state index in [1.807, 2.05) is 13.8 Å². The molecule has 1 amide bonds. The number of aryl methyl sites for hydroxylation is 1. The number of amides is 1. The molecular formula is C19H19ClN4O4S2. The zero-order chi connectivity index (χ0) is 21.8.